The summed E-state index contributed by atoms with van der Waals surface area (Å²) >= 11 is 3.07. The Bertz CT molecular complexity index is 339. The van der Waals surface area contributed by atoms with E-state index in [-0.39, 0.29) is 11.6 Å². The molecule has 1 N–H and O–H groups in total. The van der Waals surface area contributed by atoms with Gasteiger partial charge in [-0.15, -0.1) is 0 Å². The Morgan fingerprint density at radius 1 is 1.62 bits per heavy atom. The topological polar surface area (TPSA) is 63.1 Å². The molecular weight excluding hydrogens is 236 g/mol. The van der Waals surface area contributed by atoms with Crippen LogP contribution in [0.3, 0.4) is 0 Å². The highest BCUT2D eigenvalue weighted by molar-refractivity contribution is 9.10. The Hall–Kier alpha value is -0.970. The normalized spacial score (nSPS) is 10.5. The second kappa shape index (κ2) is 3.83. The molecule has 0 amide bonds. The Kier molecular flexibility index (Phi) is 2.98. The maximum absolute atomic E-state index is 10.7. The summed E-state index contributed by atoms with van der Waals surface area (Å²) in [5, 5.41) is 8.75. The lowest BCUT2D eigenvalue weighted by Gasteiger charge is -2.04. The Labute approximate surface area is 84.2 Å². The minimum atomic E-state index is -1.05. The summed E-state index contributed by atoms with van der Waals surface area (Å²) < 4.78 is 0.407. The zero-order valence-corrected chi connectivity index (χ0v) is 8.87. The first kappa shape index (κ1) is 10.1. The van der Waals surface area contributed by atoms with Gasteiger partial charge < -0.3 is 5.11 Å². The first-order chi connectivity index (χ1) is 6.02. The minimum absolute atomic E-state index is 0.0127. The second-order valence-electron chi connectivity index (χ2n) is 2.88. The Morgan fingerprint density at radius 2 is 2.23 bits per heavy atom. The van der Waals surface area contributed by atoms with Gasteiger partial charge in [0.2, 0.25) is 0 Å². The SMILES string of the molecule is CC(C)c1ncc(Br)c(C(=O)O)n1. The van der Waals surface area contributed by atoms with Crippen LogP contribution in [-0.2, 0) is 0 Å². The number of carboxylic acids is 1. The molecule has 0 aliphatic heterocycles. The lowest BCUT2D eigenvalue weighted by atomic mass is 10.2. The van der Waals surface area contributed by atoms with Crippen LogP contribution in [0, 0.1) is 0 Å². The molecule has 0 saturated carbocycles. The van der Waals surface area contributed by atoms with E-state index in [1.165, 1.54) is 6.20 Å². The molecular formula is C8H9BrN2O2. The van der Waals surface area contributed by atoms with E-state index in [0.717, 1.165) is 0 Å². The van der Waals surface area contributed by atoms with Crippen LogP contribution in [0.15, 0.2) is 10.7 Å². The van der Waals surface area contributed by atoms with Crippen molar-refractivity contribution >= 4 is 21.9 Å². The van der Waals surface area contributed by atoms with E-state index in [1.807, 2.05) is 13.8 Å². The largest absolute Gasteiger partial charge is 0.476 e. The molecule has 0 saturated heterocycles. The number of hydrogen-bond donors (Lipinski definition) is 1. The van der Waals surface area contributed by atoms with Crippen molar-refractivity contribution in [3.8, 4) is 0 Å². The van der Waals surface area contributed by atoms with Crippen molar-refractivity contribution < 1.29 is 9.90 Å². The van der Waals surface area contributed by atoms with Gasteiger partial charge in [-0.3, -0.25) is 0 Å². The van der Waals surface area contributed by atoms with Crippen molar-refractivity contribution in [2.24, 2.45) is 0 Å². The third kappa shape index (κ3) is 2.24. The van der Waals surface area contributed by atoms with Gasteiger partial charge in [-0.25, -0.2) is 14.8 Å². The van der Waals surface area contributed by atoms with E-state index in [4.69, 9.17) is 5.11 Å². The molecule has 0 spiro atoms. The molecule has 0 atom stereocenters. The number of rotatable bonds is 2. The molecule has 5 heteroatoms. The van der Waals surface area contributed by atoms with Gasteiger partial charge in [0.25, 0.3) is 0 Å². The van der Waals surface area contributed by atoms with E-state index in [1.54, 1.807) is 0 Å². The lowest BCUT2D eigenvalue weighted by molar-refractivity contribution is 0.0688. The Morgan fingerprint density at radius 3 is 2.69 bits per heavy atom. The fourth-order valence-corrected chi connectivity index (χ4v) is 1.17. The third-order valence-electron chi connectivity index (χ3n) is 1.48. The van der Waals surface area contributed by atoms with Gasteiger partial charge in [-0.05, 0) is 15.9 Å². The number of nitrogens with zero attached hydrogens (tertiary/aromatic N) is 2. The highest BCUT2D eigenvalue weighted by Crippen LogP contribution is 2.16. The predicted molar refractivity (Wildman–Crippen MR) is 50.8 cm³/mol. The van der Waals surface area contributed by atoms with Crippen LogP contribution in [-0.4, -0.2) is 21.0 Å². The standard InChI is InChI=1S/C8H9BrN2O2/c1-4(2)7-10-3-5(9)6(11-7)8(12)13/h3-4H,1-2H3,(H,12,13). The van der Waals surface area contributed by atoms with Crippen LogP contribution in [0.25, 0.3) is 0 Å². The van der Waals surface area contributed by atoms with E-state index in [9.17, 15) is 4.79 Å². The average Bonchev–Trinajstić information content (AvgIpc) is 2.04. The van der Waals surface area contributed by atoms with Gasteiger partial charge in [0.1, 0.15) is 5.82 Å². The van der Waals surface area contributed by atoms with Gasteiger partial charge in [0, 0.05) is 12.1 Å². The molecule has 1 rings (SSSR count). The number of halogens is 1. The maximum atomic E-state index is 10.7. The number of aromatic carboxylic acids is 1. The predicted octanol–water partition coefficient (Wildman–Crippen LogP) is 2.06. The van der Waals surface area contributed by atoms with Crippen molar-refractivity contribution in [2.45, 2.75) is 19.8 Å². The van der Waals surface area contributed by atoms with Crippen LogP contribution in [0.4, 0.5) is 0 Å². The molecule has 0 bridgehead atoms. The molecule has 0 aromatic carbocycles. The summed E-state index contributed by atoms with van der Waals surface area (Å²) in [7, 11) is 0. The fourth-order valence-electron chi connectivity index (χ4n) is 0.809. The summed E-state index contributed by atoms with van der Waals surface area (Å²) in [4.78, 5) is 18.6. The molecule has 0 radical (unpaired) electrons. The molecule has 1 aromatic heterocycles. The van der Waals surface area contributed by atoms with E-state index >= 15 is 0 Å². The first-order valence-electron chi connectivity index (χ1n) is 3.78. The number of aromatic nitrogens is 2. The summed E-state index contributed by atoms with van der Waals surface area (Å²) in [5.74, 6) is -0.372. The van der Waals surface area contributed by atoms with Gasteiger partial charge in [0.05, 0.1) is 4.47 Å². The molecule has 1 aromatic rings. The lowest BCUT2D eigenvalue weighted by Crippen LogP contribution is -2.07. The highest BCUT2D eigenvalue weighted by Gasteiger charge is 2.13. The Balaban J connectivity index is 3.19. The number of carbonyl (C=O) groups is 1. The number of hydrogen-bond acceptors (Lipinski definition) is 3. The maximum Gasteiger partial charge on any atom is 0.355 e. The van der Waals surface area contributed by atoms with Crippen LogP contribution >= 0.6 is 15.9 Å². The molecule has 0 aliphatic carbocycles. The summed E-state index contributed by atoms with van der Waals surface area (Å²) in [6.07, 6.45) is 1.46. The zero-order valence-electron chi connectivity index (χ0n) is 7.28. The van der Waals surface area contributed by atoms with Crippen LogP contribution < -0.4 is 0 Å². The zero-order chi connectivity index (χ0) is 10.0. The molecule has 0 unspecified atom stereocenters. The van der Waals surface area contributed by atoms with E-state index in [0.29, 0.717) is 10.3 Å². The molecule has 0 aliphatic rings. The van der Waals surface area contributed by atoms with Crippen molar-refractivity contribution in [3.05, 3.63) is 22.2 Å². The molecule has 70 valence electrons. The van der Waals surface area contributed by atoms with E-state index in [2.05, 4.69) is 25.9 Å². The first-order valence-corrected chi connectivity index (χ1v) is 4.57. The van der Waals surface area contributed by atoms with Crippen LogP contribution in [0.1, 0.15) is 36.1 Å². The smallest absolute Gasteiger partial charge is 0.355 e. The summed E-state index contributed by atoms with van der Waals surface area (Å²) in [6, 6.07) is 0. The average molecular weight is 245 g/mol. The molecule has 4 nitrogen and oxygen atoms in total. The van der Waals surface area contributed by atoms with Gasteiger partial charge >= 0.3 is 5.97 Å². The highest BCUT2D eigenvalue weighted by atomic mass is 79.9. The van der Waals surface area contributed by atoms with Crippen molar-refractivity contribution in [1.29, 1.82) is 0 Å². The van der Waals surface area contributed by atoms with Gasteiger partial charge in [-0.2, -0.15) is 0 Å². The van der Waals surface area contributed by atoms with Crippen molar-refractivity contribution in [3.63, 3.8) is 0 Å². The van der Waals surface area contributed by atoms with Crippen LogP contribution in [0.2, 0.25) is 0 Å². The third-order valence-corrected chi connectivity index (χ3v) is 2.06. The minimum Gasteiger partial charge on any atom is -0.476 e. The second-order valence-corrected chi connectivity index (χ2v) is 3.74. The quantitative estimate of drug-likeness (QED) is 0.866. The van der Waals surface area contributed by atoms with Crippen molar-refractivity contribution in [1.82, 2.24) is 9.97 Å². The summed E-state index contributed by atoms with van der Waals surface area (Å²) in [5.41, 5.74) is 0.0127. The van der Waals surface area contributed by atoms with E-state index < -0.39 is 5.97 Å². The molecule has 13 heavy (non-hydrogen) atoms. The van der Waals surface area contributed by atoms with Crippen LogP contribution in [0.5, 0.6) is 0 Å². The molecule has 1 heterocycles. The fraction of sp³-hybridized carbons (Fsp3) is 0.375. The summed E-state index contributed by atoms with van der Waals surface area (Å²) in [6.45, 7) is 3.82. The molecule has 0 fully saturated rings. The van der Waals surface area contributed by atoms with Gasteiger partial charge in [0.15, 0.2) is 5.69 Å². The van der Waals surface area contributed by atoms with Crippen molar-refractivity contribution in [2.75, 3.05) is 0 Å². The number of carboxylic acid groups (broad SMARTS) is 1. The monoisotopic (exact) mass is 244 g/mol. The van der Waals surface area contributed by atoms with Gasteiger partial charge in [-0.1, -0.05) is 13.8 Å².